The van der Waals surface area contributed by atoms with Crippen molar-refractivity contribution in [3.63, 3.8) is 0 Å². The Hall–Kier alpha value is -1.58. The van der Waals surface area contributed by atoms with E-state index in [4.69, 9.17) is 9.47 Å². The van der Waals surface area contributed by atoms with Crippen LogP contribution in [-0.4, -0.2) is 115 Å². The van der Waals surface area contributed by atoms with Crippen molar-refractivity contribution in [1.82, 2.24) is 0 Å². The maximum Gasteiger partial charge on any atom is 0.157 e. The minimum atomic E-state index is -1.50. The van der Waals surface area contributed by atoms with Gasteiger partial charge < -0.3 is 61.0 Å². The molecule has 10 atom stereocenters. The number of rotatable bonds is 6. The van der Waals surface area contributed by atoms with E-state index in [2.05, 4.69) is 10.6 Å². The third-order valence-electron chi connectivity index (χ3n) is 5.29. The van der Waals surface area contributed by atoms with Crippen LogP contribution in [0.2, 0.25) is 0 Å². The highest BCUT2D eigenvalue weighted by Crippen LogP contribution is 2.26. The van der Waals surface area contributed by atoms with Crippen molar-refractivity contribution in [2.45, 2.75) is 61.3 Å². The number of benzene rings is 1. The first-order valence-corrected chi connectivity index (χ1v) is 9.51. The van der Waals surface area contributed by atoms with Crippen molar-refractivity contribution in [3.8, 4) is 0 Å². The molecule has 0 saturated carbocycles. The van der Waals surface area contributed by atoms with Crippen LogP contribution in [0.25, 0.3) is 0 Å². The Kier molecular flexibility index (Phi) is 7.47. The first-order chi connectivity index (χ1) is 14.3. The number of anilines is 2. The number of aliphatic hydroxyl groups is 8. The highest BCUT2D eigenvalue weighted by Gasteiger charge is 2.44. The first kappa shape index (κ1) is 23.1. The zero-order chi connectivity index (χ0) is 22.0. The molecule has 0 radical (unpaired) electrons. The van der Waals surface area contributed by atoms with E-state index in [-0.39, 0.29) is 0 Å². The summed E-state index contributed by atoms with van der Waals surface area (Å²) in [6.07, 6.45) is -13.0. The van der Waals surface area contributed by atoms with E-state index in [1.54, 1.807) is 24.3 Å². The van der Waals surface area contributed by atoms with E-state index in [1.807, 2.05) is 0 Å². The molecule has 1 aromatic carbocycles. The third kappa shape index (κ3) is 4.68. The minimum absolute atomic E-state index is 0.485. The van der Waals surface area contributed by atoms with Crippen molar-refractivity contribution in [2.24, 2.45) is 0 Å². The zero-order valence-electron chi connectivity index (χ0n) is 15.9. The van der Waals surface area contributed by atoms with Gasteiger partial charge in [0.1, 0.15) is 48.8 Å². The van der Waals surface area contributed by atoms with Crippen LogP contribution >= 0.6 is 0 Å². The molecule has 2 saturated heterocycles. The van der Waals surface area contributed by atoms with Gasteiger partial charge in [0.05, 0.1) is 13.2 Å². The van der Waals surface area contributed by atoms with Gasteiger partial charge in [-0.3, -0.25) is 0 Å². The average Bonchev–Trinajstić information content (AvgIpc) is 2.75. The van der Waals surface area contributed by atoms with Crippen LogP contribution in [0.4, 0.5) is 11.4 Å². The molecule has 2 aliphatic rings. The van der Waals surface area contributed by atoms with E-state index < -0.39 is 74.5 Å². The second kappa shape index (κ2) is 9.70. The van der Waals surface area contributed by atoms with Crippen LogP contribution in [0.15, 0.2) is 24.3 Å². The summed E-state index contributed by atoms with van der Waals surface area (Å²) in [4.78, 5) is 0. The van der Waals surface area contributed by atoms with Gasteiger partial charge in [0.25, 0.3) is 0 Å². The molecule has 0 amide bonds. The zero-order valence-corrected chi connectivity index (χ0v) is 15.9. The van der Waals surface area contributed by atoms with Crippen LogP contribution in [0, 0.1) is 0 Å². The summed E-state index contributed by atoms with van der Waals surface area (Å²) in [7, 11) is 0. The molecule has 2 aliphatic heterocycles. The number of hydrogen-bond acceptors (Lipinski definition) is 12. The standard InChI is InChI=1S/C18H28N2O10/c21-5-9-11(23)13(25)15(27)17(29-9)19-7-1-2-8(4-3-7)20-18-16(28)14(26)12(24)10(6-22)30-18/h1-4,9-28H,5-6H2. The molecule has 10 N–H and O–H groups in total. The van der Waals surface area contributed by atoms with Gasteiger partial charge in [-0.2, -0.15) is 0 Å². The van der Waals surface area contributed by atoms with Gasteiger partial charge in [-0.15, -0.1) is 0 Å². The number of hydrogen-bond donors (Lipinski definition) is 10. The van der Waals surface area contributed by atoms with Crippen LogP contribution in [0.1, 0.15) is 0 Å². The van der Waals surface area contributed by atoms with Crippen LogP contribution in [0.3, 0.4) is 0 Å². The van der Waals surface area contributed by atoms with Gasteiger partial charge in [-0.05, 0) is 24.3 Å². The summed E-state index contributed by atoms with van der Waals surface area (Å²) >= 11 is 0. The molecule has 10 unspecified atom stereocenters. The molecular formula is C18H28N2O10. The summed E-state index contributed by atoms with van der Waals surface area (Å²) in [5.74, 6) is 0. The molecule has 2 heterocycles. The highest BCUT2D eigenvalue weighted by molar-refractivity contribution is 5.54. The Morgan fingerprint density at radius 2 is 0.900 bits per heavy atom. The number of ether oxygens (including phenoxy) is 2. The molecule has 1 aromatic rings. The summed E-state index contributed by atoms with van der Waals surface area (Å²) in [5, 5.41) is 83.6. The van der Waals surface area contributed by atoms with Gasteiger partial charge >= 0.3 is 0 Å². The molecule has 170 valence electrons. The number of nitrogens with one attached hydrogen (secondary N) is 2. The lowest BCUT2D eigenvalue weighted by atomic mass is 9.98. The fourth-order valence-electron chi connectivity index (χ4n) is 3.43. The molecule has 12 heteroatoms. The normalized spacial score (nSPS) is 42.0. The first-order valence-electron chi connectivity index (χ1n) is 9.51. The maximum atomic E-state index is 10.1. The van der Waals surface area contributed by atoms with Crippen molar-refractivity contribution < 1.29 is 50.3 Å². The quantitative estimate of drug-likeness (QED) is 0.210. The largest absolute Gasteiger partial charge is 0.394 e. The van der Waals surface area contributed by atoms with Gasteiger partial charge in [0.2, 0.25) is 0 Å². The minimum Gasteiger partial charge on any atom is -0.394 e. The Balaban J connectivity index is 1.62. The van der Waals surface area contributed by atoms with Crippen molar-refractivity contribution in [3.05, 3.63) is 24.3 Å². The van der Waals surface area contributed by atoms with Gasteiger partial charge in [0, 0.05) is 11.4 Å². The average molecular weight is 432 g/mol. The number of aliphatic hydroxyl groups excluding tert-OH is 8. The van der Waals surface area contributed by atoms with Crippen LogP contribution in [0.5, 0.6) is 0 Å². The van der Waals surface area contributed by atoms with Gasteiger partial charge in [-0.1, -0.05) is 0 Å². The lowest BCUT2D eigenvalue weighted by molar-refractivity contribution is -0.221. The predicted molar refractivity (Wildman–Crippen MR) is 101 cm³/mol. The molecule has 0 spiro atoms. The second-order valence-corrected chi connectivity index (χ2v) is 7.36. The lowest BCUT2D eigenvalue weighted by Crippen LogP contribution is -2.60. The summed E-state index contributed by atoms with van der Waals surface area (Å²) in [5.41, 5.74) is 0.970. The van der Waals surface area contributed by atoms with E-state index in [0.29, 0.717) is 11.4 Å². The van der Waals surface area contributed by atoms with Gasteiger partial charge in [0.15, 0.2) is 12.5 Å². The Morgan fingerprint density at radius 3 is 1.20 bits per heavy atom. The lowest BCUT2D eigenvalue weighted by Gasteiger charge is -2.40. The molecule has 0 bridgehead atoms. The fourth-order valence-corrected chi connectivity index (χ4v) is 3.43. The molecule has 0 aliphatic carbocycles. The van der Waals surface area contributed by atoms with Crippen molar-refractivity contribution >= 4 is 11.4 Å². The summed E-state index contributed by atoms with van der Waals surface area (Å²) in [6.45, 7) is -1.07. The van der Waals surface area contributed by atoms with E-state index in [0.717, 1.165) is 0 Å². The topological polar surface area (TPSA) is 204 Å². The van der Waals surface area contributed by atoms with Crippen molar-refractivity contribution in [2.75, 3.05) is 23.8 Å². The monoisotopic (exact) mass is 432 g/mol. The predicted octanol–water partition coefficient (Wildman–Crippen LogP) is -3.89. The maximum absolute atomic E-state index is 10.1. The Bertz CT molecular complexity index is 618. The van der Waals surface area contributed by atoms with E-state index in [1.165, 1.54) is 0 Å². The van der Waals surface area contributed by atoms with Crippen LogP contribution < -0.4 is 10.6 Å². The van der Waals surface area contributed by atoms with Crippen LogP contribution in [-0.2, 0) is 9.47 Å². The summed E-state index contributed by atoms with van der Waals surface area (Å²) in [6, 6.07) is 6.36. The SMILES string of the molecule is OCC1OC(Nc2ccc(NC3OC(CO)C(O)C(O)C3O)cc2)C(O)C(O)C1O. The Morgan fingerprint density at radius 1 is 0.567 bits per heavy atom. The molecule has 3 rings (SSSR count). The molecule has 30 heavy (non-hydrogen) atoms. The third-order valence-corrected chi connectivity index (χ3v) is 5.29. The fraction of sp³-hybridized carbons (Fsp3) is 0.667. The molecular weight excluding hydrogens is 404 g/mol. The van der Waals surface area contributed by atoms with Gasteiger partial charge in [-0.25, -0.2) is 0 Å². The second-order valence-electron chi connectivity index (χ2n) is 7.36. The molecule has 0 aromatic heterocycles. The van der Waals surface area contributed by atoms with E-state index in [9.17, 15) is 40.9 Å². The van der Waals surface area contributed by atoms with Crippen molar-refractivity contribution in [1.29, 1.82) is 0 Å². The molecule has 2 fully saturated rings. The smallest absolute Gasteiger partial charge is 0.157 e. The highest BCUT2D eigenvalue weighted by atomic mass is 16.6. The van der Waals surface area contributed by atoms with E-state index >= 15 is 0 Å². The Labute approximate surface area is 171 Å². The molecule has 12 nitrogen and oxygen atoms in total. The summed E-state index contributed by atoms with van der Waals surface area (Å²) < 4.78 is 10.8.